The summed E-state index contributed by atoms with van der Waals surface area (Å²) in [7, 11) is 0. The van der Waals surface area contributed by atoms with Crippen LogP contribution in [0.5, 0.6) is 0 Å². The van der Waals surface area contributed by atoms with E-state index in [4.69, 9.17) is 0 Å². The first-order valence-corrected chi connectivity index (χ1v) is 7.37. The van der Waals surface area contributed by atoms with Gasteiger partial charge in [-0.15, -0.1) is 11.3 Å². The fourth-order valence-electron chi connectivity index (χ4n) is 2.18. The summed E-state index contributed by atoms with van der Waals surface area (Å²) in [4.78, 5) is 16.1. The average molecular weight is 282 g/mol. The van der Waals surface area contributed by atoms with Crippen LogP contribution in [0.1, 0.15) is 17.3 Å². The third-order valence-corrected chi connectivity index (χ3v) is 4.09. The smallest absolute Gasteiger partial charge is 0.252 e. The van der Waals surface area contributed by atoms with Gasteiger partial charge >= 0.3 is 0 Å². The summed E-state index contributed by atoms with van der Waals surface area (Å²) in [5, 5.41) is 6.11. The number of benzene rings is 1. The lowest BCUT2D eigenvalue weighted by atomic mass is 10.0. The molecule has 2 heterocycles. The van der Waals surface area contributed by atoms with Gasteiger partial charge in [-0.1, -0.05) is 18.2 Å². The molecule has 0 bridgehead atoms. The van der Waals surface area contributed by atoms with Gasteiger partial charge in [0.25, 0.3) is 5.91 Å². The van der Waals surface area contributed by atoms with Crippen molar-refractivity contribution >= 4 is 27.3 Å². The standard InChI is InChI=1S/C16H14N2OS/c1-2-18-16(19)12-7-11(8-17-9-12)14-10-20-15-6-4-3-5-13(14)15/h3-10H,2H2,1H3,(H,18,19). The average Bonchev–Trinajstić information content (AvgIpc) is 2.91. The lowest BCUT2D eigenvalue weighted by Crippen LogP contribution is -2.22. The number of nitrogens with zero attached hydrogens (tertiary/aromatic N) is 1. The number of fused-ring (bicyclic) bond motifs is 1. The zero-order chi connectivity index (χ0) is 13.9. The molecule has 3 nitrogen and oxygen atoms in total. The molecule has 0 saturated carbocycles. The SMILES string of the molecule is CCNC(=O)c1cncc(-c2csc3ccccc23)c1. The Kier molecular flexibility index (Phi) is 3.48. The van der Waals surface area contributed by atoms with E-state index in [2.05, 4.69) is 27.8 Å². The van der Waals surface area contributed by atoms with E-state index in [1.54, 1.807) is 23.7 Å². The molecular weight excluding hydrogens is 268 g/mol. The van der Waals surface area contributed by atoms with Crippen molar-refractivity contribution < 1.29 is 4.79 Å². The molecule has 1 N–H and O–H groups in total. The maximum absolute atomic E-state index is 11.9. The Hall–Kier alpha value is -2.20. The van der Waals surface area contributed by atoms with Crippen LogP contribution in [0.3, 0.4) is 0 Å². The summed E-state index contributed by atoms with van der Waals surface area (Å²) in [6, 6.07) is 10.2. The number of amides is 1. The van der Waals surface area contributed by atoms with Gasteiger partial charge in [-0.05, 0) is 24.4 Å². The molecule has 0 atom stereocenters. The van der Waals surface area contributed by atoms with Crippen LogP contribution in [-0.4, -0.2) is 17.4 Å². The number of carbonyl (C=O) groups is 1. The predicted octanol–water partition coefficient (Wildman–Crippen LogP) is 3.71. The number of nitrogens with one attached hydrogen (secondary N) is 1. The van der Waals surface area contributed by atoms with E-state index < -0.39 is 0 Å². The quantitative estimate of drug-likeness (QED) is 0.795. The molecule has 0 aliphatic heterocycles. The van der Waals surface area contributed by atoms with Crippen LogP contribution in [0, 0.1) is 0 Å². The maximum Gasteiger partial charge on any atom is 0.252 e. The summed E-state index contributed by atoms with van der Waals surface area (Å²) in [6.45, 7) is 2.52. The molecular formula is C16H14N2OS. The van der Waals surface area contributed by atoms with E-state index in [-0.39, 0.29) is 5.91 Å². The Balaban J connectivity index is 2.06. The maximum atomic E-state index is 11.9. The van der Waals surface area contributed by atoms with Crippen LogP contribution in [0.15, 0.2) is 48.1 Å². The Morgan fingerprint density at radius 3 is 3.00 bits per heavy atom. The predicted molar refractivity (Wildman–Crippen MR) is 83.1 cm³/mol. The topological polar surface area (TPSA) is 42.0 Å². The third-order valence-electron chi connectivity index (χ3n) is 3.13. The Bertz CT molecular complexity index is 764. The van der Waals surface area contributed by atoms with Crippen LogP contribution < -0.4 is 5.32 Å². The number of hydrogen-bond donors (Lipinski definition) is 1. The zero-order valence-electron chi connectivity index (χ0n) is 11.1. The molecule has 0 radical (unpaired) electrons. The van der Waals surface area contributed by atoms with Gasteiger partial charge in [-0.25, -0.2) is 0 Å². The Morgan fingerprint density at radius 2 is 2.15 bits per heavy atom. The van der Waals surface area contributed by atoms with Gasteiger partial charge in [0.15, 0.2) is 0 Å². The van der Waals surface area contributed by atoms with Gasteiger partial charge in [0.2, 0.25) is 0 Å². The number of carbonyl (C=O) groups excluding carboxylic acids is 1. The molecule has 0 saturated heterocycles. The zero-order valence-corrected chi connectivity index (χ0v) is 11.9. The van der Waals surface area contributed by atoms with E-state index in [1.165, 1.54) is 10.1 Å². The van der Waals surface area contributed by atoms with E-state index in [1.807, 2.05) is 25.1 Å². The Morgan fingerprint density at radius 1 is 1.30 bits per heavy atom. The second kappa shape index (κ2) is 5.43. The molecule has 0 aliphatic carbocycles. The van der Waals surface area contributed by atoms with Crippen molar-refractivity contribution in [3.8, 4) is 11.1 Å². The van der Waals surface area contributed by atoms with Crippen LogP contribution in [-0.2, 0) is 0 Å². The molecule has 100 valence electrons. The summed E-state index contributed by atoms with van der Waals surface area (Å²) in [5.74, 6) is -0.0821. The molecule has 0 spiro atoms. The van der Waals surface area contributed by atoms with E-state index in [0.29, 0.717) is 12.1 Å². The number of rotatable bonds is 3. The van der Waals surface area contributed by atoms with Crippen LogP contribution in [0.4, 0.5) is 0 Å². The second-order valence-corrected chi connectivity index (χ2v) is 5.38. The van der Waals surface area contributed by atoms with Crippen molar-refractivity contribution in [3.05, 3.63) is 53.7 Å². The van der Waals surface area contributed by atoms with Crippen molar-refractivity contribution in [3.63, 3.8) is 0 Å². The number of hydrogen-bond acceptors (Lipinski definition) is 3. The van der Waals surface area contributed by atoms with Crippen molar-refractivity contribution in [2.24, 2.45) is 0 Å². The van der Waals surface area contributed by atoms with E-state index >= 15 is 0 Å². The van der Waals surface area contributed by atoms with Crippen molar-refractivity contribution in [1.82, 2.24) is 10.3 Å². The van der Waals surface area contributed by atoms with Crippen molar-refractivity contribution in [2.45, 2.75) is 6.92 Å². The fraction of sp³-hybridized carbons (Fsp3) is 0.125. The summed E-state index contributed by atoms with van der Waals surface area (Å²) >= 11 is 1.70. The number of pyridine rings is 1. The highest BCUT2D eigenvalue weighted by Gasteiger charge is 2.10. The second-order valence-electron chi connectivity index (χ2n) is 4.47. The van der Waals surface area contributed by atoms with Gasteiger partial charge < -0.3 is 5.32 Å². The van der Waals surface area contributed by atoms with E-state index in [0.717, 1.165) is 11.1 Å². The van der Waals surface area contributed by atoms with Gasteiger partial charge in [-0.2, -0.15) is 0 Å². The summed E-state index contributed by atoms with van der Waals surface area (Å²) in [5.41, 5.74) is 2.70. The Labute approximate surface area is 121 Å². The normalized spacial score (nSPS) is 10.7. The minimum Gasteiger partial charge on any atom is -0.352 e. The lowest BCUT2D eigenvalue weighted by molar-refractivity contribution is 0.0955. The molecule has 20 heavy (non-hydrogen) atoms. The lowest BCUT2D eigenvalue weighted by Gasteiger charge is -2.04. The number of thiophene rings is 1. The summed E-state index contributed by atoms with van der Waals surface area (Å²) in [6.07, 6.45) is 3.40. The highest BCUT2D eigenvalue weighted by molar-refractivity contribution is 7.17. The van der Waals surface area contributed by atoms with Crippen molar-refractivity contribution in [1.29, 1.82) is 0 Å². The molecule has 3 rings (SSSR count). The highest BCUT2D eigenvalue weighted by atomic mass is 32.1. The van der Waals surface area contributed by atoms with Crippen LogP contribution in [0.2, 0.25) is 0 Å². The van der Waals surface area contributed by atoms with Gasteiger partial charge in [-0.3, -0.25) is 9.78 Å². The van der Waals surface area contributed by atoms with Crippen molar-refractivity contribution in [2.75, 3.05) is 6.54 Å². The largest absolute Gasteiger partial charge is 0.352 e. The highest BCUT2D eigenvalue weighted by Crippen LogP contribution is 2.33. The van der Waals surface area contributed by atoms with Gasteiger partial charge in [0.1, 0.15) is 0 Å². The van der Waals surface area contributed by atoms with E-state index in [9.17, 15) is 4.79 Å². The van der Waals surface area contributed by atoms with Gasteiger partial charge in [0.05, 0.1) is 5.56 Å². The summed E-state index contributed by atoms with van der Waals surface area (Å²) < 4.78 is 1.24. The number of aromatic nitrogens is 1. The molecule has 3 aromatic rings. The molecule has 1 amide bonds. The molecule has 0 unspecified atom stereocenters. The van der Waals surface area contributed by atoms with Crippen LogP contribution in [0.25, 0.3) is 21.2 Å². The molecule has 0 aliphatic rings. The molecule has 4 heteroatoms. The fourth-order valence-corrected chi connectivity index (χ4v) is 3.15. The minimum atomic E-state index is -0.0821. The first kappa shape index (κ1) is 12.8. The van der Waals surface area contributed by atoms with Crippen LogP contribution >= 0.6 is 11.3 Å². The first-order chi connectivity index (χ1) is 9.79. The molecule has 0 fully saturated rings. The molecule has 2 aromatic heterocycles. The third kappa shape index (κ3) is 2.30. The van der Waals surface area contributed by atoms with Gasteiger partial charge in [0, 0.05) is 40.2 Å². The first-order valence-electron chi connectivity index (χ1n) is 6.49. The minimum absolute atomic E-state index is 0.0821. The monoisotopic (exact) mass is 282 g/mol. The molecule has 1 aromatic carbocycles.